The fraction of sp³-hybridized carbons (Fsp3) is 0.438. The van der Waals surface area contributed by atoms with Crippen LogP contribution in [-0.4, -0.2) is 16.3 Å². The van der Waals surface area contributed by atoms with Crippen molar-refractivity contribution in [3.8, 4) is 0 Å². The molecule has 0 saturated heterocycles. The van der Waals surface area contributed by atoms with E-state index in [2.05, 4.69) is 23.0 Å². The van der Waals surface area contributed by atoms with E-state index in [-0.39, 0.29) is 0 Å². The lowest BCUT2D eigenvalue weighted by atomic mass is 10.00. The minimum Gasteiger partial charge on any atom is -0.398 e. The van der Waals surface area contributed by atoms with E-state index in [1.54, 1.807) is 0 Å². The fourth-order valence-electron chi connectivity index (χ4n) is 3.09. The first-order valence-electron chi connectivity index (χ1n) is 7.46. The van der Waals surface area contributed by atoms with Gasteiger partial charge in [0.25, 0.3) is 0 Å². The van der Waals surface area contributed by atoms with Crippen LogP contribution in [0.2, 0.25) is 5.02 Å². The summed E-state index contributed by atoms with van der Waals surface area (Å²) in [5, 5.41) is 5.29. The number of nitrogens with two attached hydrogens (primary N) is 1. The van der Waals surface area contributed by atoms with Crippen LogP contribution in [0.1, 0.15) is 30.3 Å². The van der Waals surface area contributed by atoms with Crippen LogP contribution in [0.5, 0.6) is 0 Å². The summed E-state index contributed by atoms with van der Waals surface area (Å²) in [6.45, 7) is 6.69. The number of hydrogen-bond donors (Lipinski definition) is 1. The summed E-state index contributed by atoms with van der Waals surface area (Å²) in [4.78, 5) is 2.36. The lowest BCUT2D eigenvalue weighted by Gasteiger charge is -2.32. The molecule has 0 atom stereocenters. The quantitative estimate of drug-likeness (QED) is 0.884. The average Bonchev–Trinajstić information content (AvgIpc) is 2.76. The van der Waals surface area contributed by atoms with Gasteiger partial charge in [-0.2, -0.15) is 5.10 Å². The average molecular weight is 305 g/mol. The maximum atomic E-state index is 6.44. The number of fused-ring (bicyclic) bond motifs is 1. The second-order valence-electron chi connectivity index (χ2n) is 5.53. The zero-order valence-electron chi connectivity index (χ0n) is 12.6. The first-order chi connectivity index (χ1) is 10.1. The SMILES string of the molecule is CCn1nc(C)c(Cl)c1CN1CCCc2c(N)cccc21. The number of nitrogens with zero attached hydrogens (tertiary/aromatic N) is 3. The molecular weight excluding hydrogens is 284 g/mol. The normalized spacial score (nSPS) is 14.3. The Labute approximate surface area is 130 Å². The molecule has 112 valence electrons. The van der Waals surface area contributed by atoms with Gasteiger partial charge in [0.1, 0.15) is 0 Å². The van der Waals surface area contributed by atoms with Gasteiger partial charge in [0.15, 0.2) is 0 Å². The summed E-state index contributed by atoms with van der Waals surface area (Å²) in [7, 11) is 0. The Morgan fingerprint density at radius 2 is 2.19 bits per heavy atom. The number of aromatic nitrogens is 2. The Bertz CT molecular complexity index is 663. The summed E-state index contributed by atoms with van der Waals surface area (Å²) < 4.78 is 2.00. The lowest BCUT2D eigenvalue weighted by molar-refractivity contribution is 0.595. The molecule has 1 aromatic carbocycles. The summed E-state index contributed by atoms with van der Waals surface area (Å²) in [6, 6.07) is 6.16. The molecular formula is C16H21ClN4. The number of rotatable bonds is 3. The van der Waals surface area contributed by atoms with Crippen LogP contribution in [-0.2, 0) is 19.5 Å². The first kappa shape index (κ1) is 14.3. The van der Waals surface area contributed by atoms with Crippen LogP contribution < -0.4 is 10.6 Å². The van der Waals surface area contributed by atoms with Gasteiger partial charge in [0.05, 0.1) is 23.0 Å². The van der Waals surface area contributed by atoms with Gasteiger partial charge in [-0.15, -0.1) is 0 Å². The van der Waals surface area contributed by atoms with Gasteiger partial charge in [0, 0.05) is 24.5 Å². The van der Waals surface area contributed by atoms with Crippen molar-refractivity contribution in [2.45, 2.75) is 39.8 Å². The Kier molecular flexibility index (Phi) is 3.81. The van der Waals surface area contributed by atoms with Gasteiger partial charge >= 0.3 is 0 Å². The monoisotopic (exact) mass is 304 g/mol. The molecule has 0 amide bonds. The van der Waals surface area contributed by atoms with Gasteiger partial charge in [-0.25, -0.2) is 0 Å². The zero-order valence-corrected chi connectivity index (χ0v) is 13.3. The molecule has 2 heterocycles. The van der Waals surface area contributed by atoms with Gasteiger partial charge in [0.2, 0.25) is 0 Å². The molecule has 0 unspecified atom stereocenters. The van der Waals surface area contributed by atoms with Crippen LogP contribution in [0.4, 0.5) is 11.4 Å². The van der Waals surface area contributed by atoms with Gasteiger partial charge in [-0.3, -0.25) is 4.68 Å². The molecule has 1 aliphatic rings. The number of hydrogen-bond acceptors (Lipinski definition) is 3. The van der Waals surface area contributed by atoms with E-state index in [0.29, 0.717) is 0 Å². The predicted molar refractivity (Wildman–Crippen MR) is 87.9 cm³/mol. The van der Waals surface area contributed by atoms with E-state index in [0.717, 1.165) is 54.6 Å². The summed E-state index contributed by atoms with van der Waals surface area (Å²) in [6.07, 6.45) is 2.18. The first-order valence-corrected chi connectivity index (χ1v) is 7.83. The smallest absolute Gasteiger partial charge is 0.0865 e. The number of halogens is 1. The number of anilines is 2. The maximum Gasteiger partial charge on any atom is 0.0865 e. The van der Waals surface area contributed by atoms with E-state index in [4.69, 9.17) is 17.3 Å². The summed E-state index contributed by atoms with van der Waals surface area (Å²) in [5.74, 6) is 0. The van der Waals surface area contributed by atoms with Crippen LogP contribution in [0, 0.1) is 6.92 Å². The molecule has 1 aromatic heterocycles. The molecule has 2 N–H and O–H groups in total. The van der Waals surface area contributed by atoms with Crippen LogP contribution in [0.25, 0.3) is 0 Å². The highest BCUT2D eigenvalue weighted by Crippen LogP contribution is 2.33. The van der Waals surface area contributed by atoms with Crippen LogP contribution >= 0.6 is 11.6 Å². The summed E-state index contributed by atoms with van der Waals surface area (Å²) >= 11 is 6.44. The van der Waals surface area contributed by atoms with E-state index >= 15 is 0 Å². The highest BCUT2D eigenvalue weighted by molar-refractivity contribution is 6.31. The third kappa shape index (κ3) is 2.48. The Morgan fingerprint density at radius 1 is 1.38 bits per heavy atom. The standard InChI is InChI=1S/C16H21ClN4/c1-3-21-15(16(17)11(2)19-21)10-20-9-5-6-12-13(18)7-4-8-14(12)20/h4,7-8H,3,5-6,9-10,18H2,1-2H3. The number of aryl methyl sites for hydroxylation is 2. The lowest BCUT2D eigenvalue weighted by Crippen LogP contribution is -2.30. The van der Waals surface area contributed by atoms with Gasteiger partial charge in [-0.1, -0.05) is 17.7 Å². The molecule has 0 bridgehead atoms. The van der Waals surface area contributed by atoms with Crippen molar-refractivity contribution in [3.05, 3.63) is 40.2 Å². The highest BCUT2D eigenvalue weighted by Gasteiger charge is 2.22. The van der Waals surface area contributed by atoms with Crippen molar-refractivity contribution >= 4 is 23.0 Å². The molecule has 0 radical (unpaired) electrons. The third-order valence-corrected chi connectivity index (χ3v) is 4.67. The molecule has 4 nitrogen and oxygen atoms in total. The minimum absolute atomic E-state index is 0.782. The zero-order chi connectivity index (χ0) is 15.0. The highest BCUT2D eigenvalue weighted by atomic mass is 35.5. The third-order valence-electron chi connectivity index (χ3n) is 4.18. The molecule has 1 aliphatic heterocycles. The topological polar surface area (TPSA) is 47.1 Å². The van der Waals surface area contributed by atoms with E-state index in [9.17, 15) is 0 Å². The van der Waals surface area contributed by atoms with Crippen molar-refractivity contribution in [2.75, 3.05) is 17.2 Å². The van der Waals surface area contributed by atoms with Crippen LogP contribution in [0.3, 0.4) is 0 Å². The molecule has 5 heteroatoms. The van der Waals surface area contributed by atoms with Crippen molar-refractivity contribution in [1.82, 2.24) is 9.78 Å². The van der Waals surface area contributed by atoms with E-state index in [1.807, 2.05) is 23.7 Å². The molecule has 2 aromatic rings. The molecule has 0 fully saturated rings. The van der Waals surface area contributed by atoms with Crippen LogP contribution in [0.15, 0.2) is 18.2 Å². The van der Waals surface area contributed by atoms with Crippen molar-refractivity contribution < 1.29 is 0 Å². The Balaban J connectivity index is 1.96. The molecule has 21 heavy (non-hydrogen) atoms. The van der Waals surface area contributed by atoms with Crippen molar-refractivity contribution in [1.29, 1.82) is 0 Å². The minimum atomic E-state index is 0.782. The van der Waals surface area contributed by atoms with Gasteiger partial charge in [-0.05, 0) is 44.4 Å². The molecule has 3 rings (SSSR count). The number of benzene rings is 1. The fourth-order valence-corrected chi connectivity index (χ4v) is 3.29. The molecule has 0 saturated carbocycles. The second-order valence-corrected chi connectivity index (χ2v) is 5.91. The van der Waals surface area contributed by atoms with Crippen molar-refractivity contribution in [2.24, 2.45) is 0 Å². The van der Waals surface area contributed by atoms with Crippen molar-refractivity contribution in [3.63, 3.8) is 0 Å². The second kappa shape index (κ2) is 5.60. The van der Waals surface area contributed by atoms with E-state index in [1.165, 1.54) is 11.3 Å². The summed E-state index contributed by atoms with van der Waals surface area (Å²) in [5.41, 5.74) is 11.5. The predicted octanol–water partition coefficient (Wildman–Crippen LogP) is 3.40. The largest absolute Gasteiger partial charge is 0.398 e. The Morgan fingerprint density at radius 3 is 2.95 bits per heavy atom. The van der Waals surface area contributed by atoms with Gasteiger partial charge < -0.3 is 10.6 Å². The molecule has 0 aliphatic carbocycles. The van der Waals surface area contributed by atoms with E-state index < -0.39 is 0 Å². The maximum absolute atomic E-state index is 6.44. The Hall–Kier alpha value is -1.68. The molecule has 0 spiro atoms. The number of nitrogen functional groups attached to an aromatic ring is 1.